The van der Waals surface area contributed by atoms with Gasteiger partial charge in [-0.05, 0) is 59.9 Å². The van der Waals surface area contributed by atoms with E-state index in [1.54, 1.807) is 47.6 Å². The molecule has 0 saturated carbocycles. The van der Waals surface area contributed by atoms with Gasteiger partial charge in [-0.3, -0.25) is 0 Å². The molecule has 1 aromatic carbocycles. The molecular formula is C23H33NO7. The van der Waals surface area contributed by atoms with Gasteiger partial charge in [-0.2, -0.15) is 0 Å². The first-order chi connectivity index (χ1) is 14.4. The number of nitrogens with zero attached hydrogens (tertiary/aromatic N) is 1. The van der Waals surface area contributed by atoms with Gasteiger partial charge in [0.05, 0.1) is 6.54 Å². The summed E-state index contributed by atoms with van der Waals surface area (Å²) in [6, 6.07) is 9.36. The molecule has 8 heteroatoms. The maximum atomic E-state index is 12.3. The Hall–Kier alpha value is -3.03. The molecular weight excluding hydrogens is 402 g/mol. The Morgan fingerprint density at radius 2 is 1.55 bits per heavy atom. The Kier molecular flexibility index (Phi) is 10.0. The van der Waals surface area contributed by atoms with E-state index in [2.05, 4.69) is 0 Å². The number of benzene rings is 1. The third-order valence-corrected chi connectivity index (χ3v) is 3.38. The normalized spacial score (nSPS) is 11.7. The highest BCUT2D eigenvalue weighted by Gasteiger charge is 2.27. The minimum absolute atomic E-state index is 0.0670. The Labute approximate surface area is 184 Å². The molecule has 0 N–H and O–H groups in total. The standard InChI is InChI=1S/C23H33NO7/c1-22(2,3)29-20(26)24(31-21(27)30-23(4,5)6)16-12-8-11-15-19(25)28-17-18-13-9-7-10-14-18/h7,9-11,13-15H,8,12,16-17H2,1-6H3/b15-11-. The van der Waals surface area contributed by atoms with E-state index in [4.69, 9.17) is 19.0 Å². The van der Waals surface area contributed by atoms with Crippen LogP contribution in [0.15, 0.2) is 42.5 Å². The van der Waals surface area contributed by atoms with Crippen LogP contribution in [0.3, 0.4) is 0 Å². The van der Waals surface area contributed by atoms with Gasteiger partial charge in [-0.1, -0.05) is 36.4 Å². The molecule has 0 saturated heterocycles. The fourth-order valence-corrected chi connectivity index (χ4v) is 2.15. The van der Waals surface area contributed by atoms with E-state index in [1.807, 2.05) is 30.3 Å². The Balaban J connectivity index is 2.51. The summed E-state index contributed by atoms with van der Waals surface area (Å²) in [7, 11) is 0. The second-order valence-electron chi connectivity index (χ2n) is 8.78. The number of carbonyl (C=O) groups excluding carboxylic acids is 3. The zero-order valence-corrected chi connectivity index (χ0v) is 19.2. The van der Waals surface area contributed by atoms with Crippen molar-refractivity contribution in [3.05, 3.63) is 48.0 Å². The van der Waals surface area contributed by atoms with Crippen molar-refractivity contribution in [3.8, 4) is 0 Å². The summed E-state index contributed by atoms with van der Waals surface area (Å²) >= 11 is 0. The van der Waals surface area contributed by atoms with Crippen molar-refractivity contribution in [1.29, 1.82) is 0 Å². The molecule has 0 aliphatic carbocycles. The maximum absolute atomic E-state index is 12.3. The number of hydrogen-bond donors (Lipinski definition) is 0. The predicted octanol–water partition coefficient (Wildman–Crippen LogP) is 5.17. The van der Waals surface area contributed by atoms with Gasteiger partial charge in [0.1, 0.15) is 17.8 Å². The number of hydroxylamine groups is 2. The van der Waals surface area contributed by atoms with Crippen LogP contribution >= 0.6 is 0 Å². The number of unbranched alkanes of at least 4 members (excludes halogenated alkanes) is 1. The summed E-state index contributed by atoms with van der Waals surface area (Å²) in [4.78, 5) is 41.1. The van der Waals surface area contributed by atoms with Crippen molar-refractivity contribution in [2.75, 3.05) is 6.54 Å². The number of rotatable bonds is 7. The average Bonchev–Trinajstić information content (AvgIpc) is 2.63. The first kappa shape index (κ1) is 26.0. The summed E-state index contributed by atoms with van der Waals surface area (Å²) in [5, 5.41) is 0.820. The molecule has 1 aromatic rings. The maximum Gasteiger partial charge on any atom is 0.534 e. The molecule has 8 nitrogen and oxygen atoms in total. The van der Waals surface area contributed by atoms with Gasteiger partial charge in [0.2, 0.25) is 0 Å². The SMILES string of the molecule is CC(C)(C)OC(=O)ON(CCC/C=C\C(=O)OCc1ccccc1)C(=O)OC(C)(C)C. The highest BCUT2D eigenvalue weighted by molar-refractivity contribution is 5.81. The van der Waals surface area contributed by atoms with Crippen molar-refractivity contribution in [2.45, 2.75) is 72.2 Å². The van der Waals surface area contributed by atoms with Gasteiger partial charge in [0, 0.05) is 6.08 Å². The molecule has 0 atom stereocenters. The first-order valence-corrected chi connectivity index (χ1v) is 10.1. The van der Waals surface area contributed by atoms with E-state index in [0.29, 0.717) is 12.8 Å². The van der Waals surface area contributed by atoms with Crippen molar-refractivity contribution >= 4 is 18.2 Å². The number of allylic oxidation sites excluding steroid dienone is 1. The van der Waals surface area contributed by atoms with Gasteiger partial charge in [-0.15, -0.1) is 5.06 Å². The van der Waals surface area contributed by atoms with Crippen molar-refractivity contribution in [2.24, 2.45) is 0 Å². The minimum atomic E-state index is -1.00. The number of esters is 1. The summed E-state index contributed by atoms with van der Waals surface area (Å²) < 4.78 is 15.5. The molecule has 0 spiro atoms. The van der Waals surface area contributed by atoms with Gasteiger partial charge in [-0.25, -0.2) is 14.4 Å². The van der Waals surface area contributed by atoms with Crippen LogP contribution in [0.25, 0.3) is 0 Å². The molecule has 1 amide bonds. The van der Waals surface area contributed by atoms with Crippen LogP contribution in [-0.4, -0.2) is 41.0 Å². The lowest BCUT2D eigenvalue weighted by molar-refractivity contribution is -0.139. The zero-order valence-electron chi connectivity index (χ0n) is 19.2. The number of hydrogen-bond acceptors (Lipinski definition) is 7. The van der Waals surface area contributed by atoms with E-state index in [0.717, 1.165) is 10.6 Å². The number of amides is 1. The molecule has 0 heterocycles. The summed E-state index contributed by atoms with van der Waals surface area (Å²) in [5.74, 6) is -0.460. The van der Waals surface area contributed by atoms with E-state index in [1.165, 1.54) is 6.08 Å². The molecule has 172 valence electrons. The van der Waals surface area contributed by atoms with Crippen LogP contribution in [0, 0.1) is 0 Å². The van der Waals surface area contributed by atoms with Crippen molar-refractivity contribution in [1.82, 2.24) is 5.06 Å². The van der Waals surface area contributed by atoms with Gasteiger partial charge in [0.15, 0.2) is 0 Å². The predicted molar refractivity (Wildman–Crippen MR) is 115 cm³/mol. The molecule has 0 radical (unpaired) electrons. The highest BCUT2D eigenvalue weighted by atomic mass is 16.8. The molecule has 0 fully saturated rings. The smallest absolute Gasteiger partial charge is 0.458 e. The Morgan fingerprint density at radius 3 is 2.13 bits per heavy atom. The van der Waals surface area contributed by atoms with Crippen molar-refractivity contribution in [3.63, 3.8) is 0 Å². The lowest BCUT2D eigenvalue weighted by Gasteiger charge is -2.27. The molecule has 1 rings (SSSR count). The third kappa shape index (κ3) is 13.0. The molecule has 0 bridgehead atoms. The van der Waals surface area contributed by atoms with Gasteiger partial charge >= 0.3 is 18.2 Å². The van der Waals surface area contributed by atoms with E-state index < -0.39 is 29.4 Å². The first-order valence-electron chi connectivity index (χ1n) is 10.1. The topological polar surface area (TPSA) is 91.4 Å². The highest BCUT2D eigenvalue weighted by Crippen LogP contribution is 2.14. The minimum Gasteiger partial charge on any atom is -0.458 e. The summed E-state index contributed by atoms with van der Waals surface area (Å²) in [5.41, 5.74) is -0.620. The van der Waals surface area contributed by atoms with Crippen LogP contribution in [0.5, 0.6) is 0 Å². The van der Waals surface area contributed by atoms with Crippen LogP contribution < -0.4 is 0 Å². The Morgan fingerprint density at radius 1 is 0.935 bits per heavy atom. The van der Waals surface area contributed by atoms with Crippen LogP contribution in [0.1, 0.15) is 59.9 Å². The summed E-state index contributed by atoms with van der Waals surface area (Å²) in [6.45, 7) is 10.5. The number of carbonyl (C=O) groups is 3. The van der Waals surface area contributed by atoms with Crippen LogP contribution in [-0.2, 0) is 30.4 Å². The Bertz CT molecular complexity index is 745. The fraction of sp³-hybridized carbons (Fsp3) is 0.522. The molecule has 0 aliphatic rings. The average molecular weight is 436 g/mol. The monoisotopic (exact) mass is 435 g/mol. The zero-order chi connectivity index (χ0) is 23.5. The third-order valence-electron chi connectivity index (χ3n) is 3.38. The van der Waals surface area contributed by atoms with Gasteiger partial charge in [0.25, 0.3) is 0 Å². The second kappa shape index (κ2) is 12.0. The van der Waals surface area contributed by atoms with E-state index >= 15 is 0 Å². The second-order valence-corrected chi connectivity index (χ2v) is 8.78. The fourth-order valence-electron chi connectivity index (χ4n) is 2.15. The molecule has 0 aromatic heterocycles. The van der Waals surface area contributed by atoms with E-state index in [9.17, 15) is 14.4 Å². The quantitative estimate of drug-likeness (QED) is 0.192. The molecule has 0 unspecified atom stereocenters. The molecule has 0 aliphatic heterocycles. The largest absolute Gasteiger partial charge is 0.534 e. The van der Waals surface area contributed by atoms with Crippen LogP contribution in [0.2, 0.25) is 0 Å². The molecule has 31 heavy (non-hydrogen) atoms. The van der Waals surface area contributed by atoms with Crippen molar-refractivity contribution < 1.29 is 33.4 Å². The lowest BCUT2D eigenvalue weighted by atomic mass is 10.2. The van der Waals surface area contributed by atoms with Gasteiger partial charge < -0.3 is 19.0 Å². The van der Waals surface area contributed by atoms with Crippen LogP contribution in [0.4, 0.5) is 9.59 Å². The van der Waals surface area contributed by atoms with E-state index in [-0.39, 0.29) is 13.2 Å². The number of ether oxygens (including phenoxy) is 3. The summed E-state index contributed by atoms with van der Waals surface area (Å²) in [6.07, 6.45) is 2.04. The lowest BCUT2D eigenvalue weighted by Crippen LogP contribution is -2.40.